The van der Waals surface area contributed by atoms with Gasteiger partial charge in [0, 0.05) is 19.8 Å². The first kappa shape index (κ1) is 12.8. The number of hydrogen-bond donors (Lipinski definition) is 2. The van der Waals surface area contributed by atoms with Crippen molar-refractivity contribution < 1.29 is 28.9 Å². The van der Waals surface area contributed by atoms with E-state index in [0.29, 0.717) is 19.8 Å². The van der Waals surface area contributed by atoms with Crippen molar-refractivity contribution in [2.24, 2.45) is 0 Å². The predicted octanol–water partition coefficient (Wildman–Crippen LogP) is 0.810. The SMILES string of the molecule is CC(O)(F)OC(=O)CCCCC(=O)O. The van der Waals surface area contributed by atoms with E-state index in [9.17, 15) is 14.0 Å². The van der Waals surface area contributed by atoms with E-state index < -0.39 is 18.0 Å². The molecule has 1 unspecified atom stereocenters. The normalized spacial score (nSPS) is 14.5. The number of carbonyl (C=O) groups is 2. The van der Waals surface area contributed by atoms with E-state index in [0.717, 1.165) is 0 Å². The first-order chi connectivity index (χ1) is 6.31. The molecule has 0 rings (SSSR count). The Balaban J connectivity index is 3.50. The van der Waals surface area contributed by atoms with Gasteiger partial charge in [-0.25, -0.2) is 0 Å². The third-order valence-corrected chi connectivity index (χ3v) is 1.32. The van der Waals surface area contributed by atoms with Crippen LogP contribution in [-0.4, -0.2) is 28.2 Å². The second-order valence-electron chi connectivity index (χ2n) is 2.94. The van der Waals surface area contributed by atoms with E-state index in [1.807, 2.05) is 0 Å². The molecule has 82 valence electrons. The molecule has 0 saturated heterocycles. The summed E-state index contributed by atoms with van der Waals surface area (Å²) in [6, 6.07) is -2.95. The highest BCUT2D eigenvalue weighted by atomic mass is 19.2. The molecule has 0 aliphatic rings. The summed E-state index contributed by atoms with van der Waals surface area (Å²) in [5.74, 6) is -1.83. The number of aliphatic hydroxyl groups is 1. The molecule has 0 radical (unpaired) electrons. The number of aliphatic carboxylic acids is 1. The van der Waals surface area contributed by atoms with Crippen molar-refractivity contribution in [3.05, 3.63) is 0 Å². The minimum absolute atomic E-state index is 0.0424. The third kappa shape index (κ3) is 8.92. The Morgan fingerprint density at radius 2 is 1.86 bits per heavy atom. The van der Waals surface area contributed by atoms with Gasteiger partial charge in [0.05, 0.1) is 0 Å². The summed E-state index contributed by atoms with van der Waals surface area (Å²) < 4.78 is 16.2. The first-order valence-electron chi connectivity index (χ1n) is 4.16. The van der Waals surface area contributed by atoms with Gasteiger partial charge in [-0.2, -0.15) is 4.39 Å². The molecule has 0 aliphatic heterocycles. The van der Waals surface area contributed by atoms with Crippen LogP contribution in [0.2, 0.25) is 0 Å². The van der Waals surface area contributed by atoms with Gasteiger partial charge in [-0.1, -0.05) is 0 Å². The number of hydrogen-bond acceptors (Lipinski definition) is 4. The largest absolute Gasteiger partial charge is 0.481 e. The lowest BCUT2D eigenvalue weighted by atomic mass is 10.2. The maximum absolute atomic E-state index is 12.3. The van der Waals surface area contributed by atoms with Crippen LogP contribution < -0.4 is 0 Å². The Labute approximate surface area is 80.5 Å². The van der Waals surface area contributed by atoms with Crippen LogP contribution >= 0.6 is 0 Å². The Kier molecular flexibility index (Phi) is 5.07. The number of carbonyl (C=O) groups excluding carboxylic acids is 1. The Morgan fingerprint density at radius 3 is 2.29 bits per heavy atom. The van der Waals surface area contributed by atoms with E-state index in [-0.39, 0.29) is 12.8 Å². The smallest absolute Gasteiger partial charge is 0.359 e. The molecule has 0 amide bonds. The van der Waals surface area contributed by atoms with E-state index in [1.54, 1.807) is 0 Å². The average Bonchev–Trinajstić information content (AvgIpc) is 1.94. The molecule has 5 nitrogen and oxygen atoms in total. The summed E-state index contributed by atoms with van der Waals surface area (Å²) in [5, 5.41) is 16.7. The summed E-state index contributed by atoms with van der Waals surface area (Å²) in [7, 11) is 0. The highest BCUT2D eigenvalue weighted by molar-refractivity contribution is 5.70. The molecule has 0 bridgehead atoms. The van der Waals surface area contributed by atoms with Crippen LogP contribution in [0.5, 0.6) is 0 Å². The molecule has 14 heavy (non-hydrogen) atoms. The highest BCUT2D eigenvalue weighted by Crippen LogP contribution is 2.10. The number of alkyl halides is 1. The Morgan fingerprint density at radius 1 is 1.36 bits per heavy atom. The second-order valence-corrected chi connectivity index (χ2v) is 2.94. The lowest BCUT2D eigenvalue weighted by Crippen LogP contribution is -2.25. The van der Waals surface area contributed by atoms with Crippen LogP contribution in [0.4, 0.5) is 4.39 Å². The molecule has 0 saturated carbocycles. The van der Waals surface area contributed by atoms with Crippen molar-refractivity contribution >= 4 is 11.9 Å². The van der Waals surface area contributed by atoms with Crippen LogP contribution in [-0.2, 0) is 14.3 Å². The maximum Gasteiger partial charge on any atom is 0.359 e. The Hall–Kier alpha value is -1.17. The van der Waals surface area contributed by atoms with Gasteiger partial charge in [-0.15, -0.1) is 0 Å². The number of unbranched alkanes of at least 4 members (excludes halogenated alkanes) is 1. The van der Waals surface area contributed by atoms with Crippen LogP contribution in [0.15, 0.2) is 0 Å². The quantitative estimate of drug-likeness (QED) is 0.383. The topological polar surface area (TPSA) is 83.8 Å². The lowest BCUT2D eigenvalue weighted by Gasteiger charge is -2.12. The molecule has 1 atom stereocenters. The number of carboxylic acids is 1. The van der Waals surface area contributed by atoms with Gasteiger partial charge in [0.15, 0.2) is 0 Å². The number of carboxylic acid groups (broad SMARTS) is 1. The number of ether oxygens (including phenoxy) is 1. The van der Waals surface area contributed by atoms with Crippen LogP contribution in [0.3, 0.4) is 0 Å². The molecule has 0 heterocycles. The van der Waals surface area contributed by atoms with Gasteiger partial charge in [0.1, 0.15) is 0 Å². The van der Waals surface area contributed by atoms with Crippen molar-refractivity contribution in [1.29, 1.82) is 0 Å². The van der Waals surface area contributed by atoms with Crippen molar-refractivity contribution in [2.75, 3.05) is 0 Å². The van der Waals surface area contributed by atoms with Gasteiger partial charge in [-0.3, -0.25) is 9.59 Å². The van der Waals surface area contributed by atoms with Gasteiger partial charge in [-0.05, 0) is 12.8 Å². The molecule has 0 aromatic heterocycles. The average molecular weight is 208 g/mol. The molecular weight excluding hydrogens is 195 g/mol. The van der Waals surface area contributed by atoms with Crippen LogP contribution in [0.25, 0.3) is 0 Å². The van der Waals surface area contributed by atoms with Crippen molar-refractivity contribution in [3.63, 3.8) is 0 Å². The highest BCUT2D eigenvalue weighted by Gasteiger charge is 2.23. The molecule has 0 fully saturated rings. The number of rotatable bonds is 6. The van der Waals surface area contributed by atoms with E-state index in [4.69, 9.17) is 10.2 Å². The van der Waals surface area contributed by atoms with E-state index in [1.165, 1.54) is 0 Å². The minimum Gasteiger partial charge on any atom is -0.481 e. The molecular formula is C8H13FO5. The fraction of sp³-hybridized carbons (Fsp3) is 0.750. The minimum atomic E-state index is -2.95. The predicted molar refractivity (Wildman–Crippen MR) is 43.9 cm³/mol. The summed E-state index contributed by atoms with van der Waals surface area (Å²) in [6.07, 6.45) is 0.465. The van der Waals surface area contributed by atoms with E-state index >= 15 is 0 Å². The van der Waals surface area contributed by atoms with Crippen LogP contribution in [0.1, 0.15) is 32.6 Å². The van der Waals surface area contributed by atoms with Gasteiger partial charge < -0.3 is 14.9 Å². The summed E-state index contributed by atoms with van der Waals surface area (Å²) in [6.45, 7) is 0.697. The van der Waals surface area contributed by atoms with Crippen LogP contribution in [0, 0.1) is 0 Å². The van der Waals surface area contributed by atoms with Crippen molar-refractivity contribution in [2.45, 2.75) is 38.6 Å². The van der Waals surface area contributed by atoms with Gasteiger partial charge >= 0.3 is 18.0 Å². The number of esters is 1. The van der Waals surface area contributed by atoms with Gasteiger partial charge in [0.2, 0.25) is 0 Å². The summed E-state index contributed by atoms with van der Waals surface area (Å²) >= 11 is 0. The molecule has 0 aromatic rings. The zero-order valence-corrected chi connectivity index (χ0v) is 7.83. The zero-order valence-electron chi connectivity index (χ0n) is 7.83. The fourth-order valence-electron chi connectivity index (χ4n) is 0.804. The Bertz CT molecular complexity index is 208. The van der Waals surface area contributed by atoms with Crippen molar-refractivity contribution in [3.8, 4) is 0 Å². The van der Waals surface area contributed by atoms with E-state index in [2.05, 4.69) is 4.74 Å². The standard InChI is InChI=1S/C8H13FO5/c1-8(9,13)14-7(12)5-3-2-4-6(10)11/h13H,2-5H2,1H3,(H,10,11). The maximum atomic E-state index is 12.3. The molecule has 6 heteroatoms. The fourth-order valence-corrected chi connectivity index (χ4v) is 0.804. The molecule has 2 N–H and O–H groups in total. The first-order valence-corrected chi connectivity index (χ1v) is 4.16. The second kappa shape index (κ2) is 5.54. The van der Waals surface area contributed by atoms with Gasteiger partial charge in [0.25, 0.3) is 0 Å². The molecule has 0 aliphatic carbocycles. The monoisotopic (exact) mass is 208 g/mol. The zero-order chi connectivity index (χ0) is 11.2. The molecule has 0 spiro atoms. The van der Waals surface area contributed by atoms with Crippen molar-refractivity contribution in [1.82, 2.24) is 0 Å². The summed E-state index contributed by atoms with van der Waals surface area (Å²) in [4.78, 5) is 20.8. The lowest BCUT2D eigenvalue weighted by molar-refractivity contribution is -0.263. The molecule has 0 aromatic carbocycles. The number of halogens is 1. The summed E-state index contributed by atoms with van der Waals surface area (Å²) in [5.41, 5.74) is 0. The third-order valence-electron chi connectivity index (χ3n) is 1.32.